The minimum Gasteiger partial charge on any atom is -0.330 e. The Bertz CT molecular complexity index is 367. The molecule has 0 aliphatic rings. The monoisotopic (exact) mass is 265 g/mol. The van der Waals surface area contributed by atoms with Crippen molar-refractivity contribution in [2.75, 3.05) is 6.54 Å². The summed E-state index contributed by atoms with van der Waals surface area (Å²) in [6.07, 6.45) is 7.61. The van der Waals surface area contributed by atoms with Gasteiger partial charge in [0.2, 0.25) is 0 Å². The van der Waals surface area contributed by atoms with Gasteiger partial charge in [-0.15, -0.1) is 0 Å². The van der Waals surface area contributed by atoms with Crippen LogP contribution in [0.3, 0.4) is 0 Å². The van der Waals surface area contributed by atoms with Gasteiger partial charge in [-0.1, -0.05) is 26.7 Å². The second-order valence-electron chi connectivity index (χ2n) is 5.13. The number of hydrogen-bond acceptors (Lipinski definition) is 3. The molecular formula is C15H27N3O. The molecule has 4 heteroatoms. The van der Waals surface area contributed by atoms with Crippen molar-refractivity contribution in [1.82, 2.24) is 9.78 Å². The summed E-state index contributed by atoms with van der Waals surface area (Å²) in [6.45, 7) is 5.80. The molecule has 0 fully saturated rings. The highest BCUT2D eigenvalue weighted by Crippen LogP contribution is 2.18. The minimum atomic E-state index is 0.212. The Kier molecular flexibility index (Phi) is 7.41. The first kappa shape index (κ1) is 15.9. The maximum atomic E-state index is 12.2. The molecule has 1 aromatic heterocycles. The van der Waals surface area contributed by atoms with Gasteiger partial charge in [-0.25, -0.2) is 0 Å². The van der Waals surface area contributed by atoms with Gasteiger partial charge >= 0.3 is 0 Å². The number of hydrogen-bond donors (Lipinski definition) is 1. The highest BCUT2D eigenvalue weighted by atomic mass is 16.1. The van der Waals surface area contributed by atoms with E-state index in [1.807, 2.05) is 10.7 Å². The van der Waals surface area contributed by atoms with E-state index >= 15 is 0 Å². The van der Waals surface area contributed by atoms with Crippen LogP contribution in [0, 0.1) is 5.92 Å². The Morgan fingerprint density at radius 1 is 1.32 bits per heavy atom. The number of nitrogens with zero attached hydrogens (tertiary/aromatic N) is 2. The van der Waals surface area contributed by atoms with Crippen molar-refractivity contribution in [2.45, 2.75) is 58.9 Å². The first-order chi connectivity index (χ1) is 9.22. The SMILES string of the molecule is CCCC(CCN)CCC(=O)c1ccnn1CCC. The number of aromatic nitrogens is 2. The molecule has 0 spiro atoms. The normalized spacial score (nSPS) is 12.6. The molecule has 4 nitrogen and oxygen atoms in total. The summed E-state index contributed by atoms with van der Waals surface area (Å²) < 4.78 is 1.82. The lowest BCUT2D eigenvalue weighted by molar-refractivity contribution is 0.0961. The van der Waals surface area contributed by atoms with Crippen molar-refractivity contribution < 1.29 is 4.79 Å². The van der Waals surface area contributed by atoms with Crippen LogP contribution >= 0.6 is 0 Å². The molecule has 1 aromatic rings. The van der Waals surface area contributed by atoms with Crippen LogP contribution in [0.1, 0.15) is 62.9 Å². The van der Waals surface area contributed by atoms with E-state index in [2.05, 4.69) is 18.9 Å². The molecule has 0 aromatic carbocycles. The predicted octanol–water partition coefficient (Wildman–Crippen LogP) is 3.02. The maximum Gasteiger partial charge on any atom is 0.180 e. The van der Waals surface area contributed by atoms with Crippen LogP contribution in [0.25, 0.3) is 0 Å². The summed E-state index contributed by atoms with van der Waals surface area (Å²) in [6, 6.07) is 1.83. The summed E-state index contributed by atoms with van der Waals surface area (Å²) in [5.41, 5.74) is 6.38. The van der Waals surface area contributed by atoms with Crippen molar-refractivity contribution in [2.24, 2.45) is 11.7 Å². The summed E-state index contributed by atoms with van der Waals surface area (Å²) in [7, 11) is 0. The second-order valence-corrected chi connectivity index (χ2v) is 5.13. The number of aryl methyl sites for hydroxylation is 1. The third kappa shape index (κ3) is 5.15. The highest BCUT2D eigenvalue weighted by Gasteiger charge is 2.14. The van der Waals surface area contributed by atoms with Crippen LogP contribution < -0.4 is 5.73 Å². The minimum absolute atomic E-state index is 0.212. The molecule has 0 aliphatic heterocycles. The summed E-state index contributed by atoms with van der Waals surface area (Å²) in [5, 5.41) is 4.20. The van der Waals surface area contributed by atoms with Crippen LogP contribution in [0.5, 0.6) is 0 Å². The van der Waals surface area contributed by atoms with Crippen molar-refractivity contribution >= 4 is 5.78 Å². The number of carbonyl (C=O) groups is 1. The number of ketones is 1. The van der Waals surface area contributed by atoms with Gasteiger partial charge in [-0.3, -0.25) is 9.48 Å². The molecule has 0 saturated carbocycles. The van der Waals surface area contributed by atoms with Crippen LogP contribution in [-0.2, 0) is 6.54 Å². The number of rotatable bonds is 10. The van der Waals surface area contributed by atoms with Crippen molar-refractivity contribution in [3.05, 3.63) is 18.0 Å². The summed E-state index contributed by atoms with van der Waals surface area (Å²) >= 11 is 0. The lowest BCUT2D eigenvalue weighted by Gasteiger charge is -2.14. The van der Waals surface area contributed by atoms with Gasteiger partial charge in [-0.2, -0.15) is 5.10 Å². The van der Waals surface area contributed by atoms with E-state index in [1.54, 1.807) is 6.20 Å². The van der Waals surface area contributed by atoms with E-state index in [0.717, 1.165) is 37.9 Å². The molecule has 19 heavy (non-hydrogen) atoms. The van der Waals surface area contributed by atoms with E-state index in [0.29, 0.717) is 18.9 Å². The molecule has 1 rings (SSSR count). The van der Waals surface area contributed by atoms with Gasteiger partial charge < -0.3 is 5.73 Å². The molecule has 0 amide bonds. The fourth-order valence-electron chi connectivity index (χ4n) is 2.50. The fraction of sp³-hybridized carbons (Fsp3) is 0.733. The first-order valence-electron chi connectivity index (χ1n) is 7.47. The number of Topliss-reactive ketones (excluding diaryl/α,β-unsaturated/α-hetero) is 1. The average molecular weight is 265 g/mol. The molecule has 108 valence electrons. The standard InChI is InChI=1S/C15H27N3O/c1-3-5-13(8-10-16)6-7-15(19)14-9-11-17-18(14)12-4-2/h9,11,13H,3-8,10,12,16H2,1-2H3. The molecule has 0 saturated heterocycles. The highest BCUT2D eigenvalue weighted by molar-refractivity contribution is 5.94. The van der Waals surface area contributed by atoms with Gasteiger partial charge in [0.25, 0.3) is 0 Å². The Morgan fingerprint density at radius 3 is 2.74 bits per heavy atom. The first-order valence-corrected chi connectivity index (χ1v) is 7.47. The van der Waals surface area contributed by atoms with Crippen molar-refractivity contribution in [3.63, 3.8) is 0 Å². The smallest absolute Gasteiger partial charge is 0.180 e. The van der Waals surface area contributed by atoms with Gasteiger partial charge in [0.1, 0.15) is 5.69 Å². The van der Waals surface area contributed by atoms with E-state index in [4.69, 9.17) is 5.73 Å². The Labute approximate surface area is 116 Å². The van der Waals surface area contributed by atoms with E-state index < -0.39 is 0 Å². The van der Waals surface area contributed by atoms with Gasteiger partial charge in [-0.05, 0) is 37.8 Å². The topological polar surface area (TPSA) is 60.9 Å². The molecule has 0 radical (unpaired) electrons. The predicted molar refractivity (Wildman–Crippen MR) is 78.2 cm³/mol. The Hall–Kier alpha value is -1.16. The van der Waals surface area contributed by atoms with E-state index in [9.17, 15) is 4.79 Å². The van der Waals surface area contributed by atoms with Crippen LogP contribution in [0.4, 0.5) is 0 Å². The van der Waals surface area contributed by atoms with Crippen LogP contribution in [-0.4, -0.2) is 22.1 Å². The summed E-state index contributed by atoms with van der Waals surface area (Å²) in [5.74, 6) is 0.797. The molecule has 2 N–H and O–H groups in total. The average Bonchev–Trinajstić information content (AvgIpc) is 2.85. The van der Waals surface area contributed by atoms with E-state index in [-0.39, 0.29) is 5.78 Å². The van der Waals surface area contributed by atoms with Crippen LogP contribution in [0.2, 0.25) is 0 Å². The van der Waals surface area contributed by atoms with Gasteiger partial charge in [0.05, 0.1) is 0 Å². The zero-order valence-corrected chi connectivity index (χ0v) is 12.3. The van der Waals surface area contributed by atoms with Crippen molar-refractivity contribution in [1.29, 1.82) is 0 Å². The maximum absolute atomic E-state index is 12.2. The Morgan fingerprint density at radius 2 is 2.11 bits per heavy atom. The third-order valence-electron chi connectivity index (χ3n) is 3.49. The van der Waals surface area contributed by atoms with Crippen molar-refractivity contribution in [3.8, 4) is 0 Å². The molecular weight excluding hydrogens is 238 g/mol. The molecule has 0 aliphatic carbocycles. The molecule has 1 unspecified atom stereocenters. The quantitative estimate of drug-likeness (QED) is 0.661. The zero-order valence-electron chi connectivity index (χ0n) is 12.3. The zero-order chi connectivity index (χ0) is 14.1. The largest absolute Gasteiger partial charge is 0.330 e. The Balaban J connectivity index is 2.51. The molecule has 1 heterocycles. The number of carbonyl (C=O) groups excluding carboxylic acids is 1. The fourth-order valence-corrected chi connectivity index (χ4v) is 2.50. The molecule has 1 atom stereocenters. The van der Waals surface area contributed by atoms with E-state index in [1.165, 1.54) is 6.42 Å². The summed E-state index contributed by atoms with van der Waals surface area (Å²) in [4.78, 5) is 12.2. The molecule has 0 bridgehead atoms. The lowest BCUT2D eigenvalue weighted by Crippen LogP contribution is -2.14. The second kappa shape index (κ2) is 8.86. The number of nitrogens with two attached hydrogens (primary N) is 1. The van der Waals surface area contributed by atoms with Crippen LogP contribution in [0.15, 0.2) is 12.3 Å². The van der Waals surface area contributed by atoms with Gasteiger partial charge in [0, 0.05) is 19.2 Å². The third-order valence-corrected chi connectivity index (χ3v) is 3.49. The van der Waals surface area contributed by atoms with Gasteiger partial charge in [0.15, 0.2) is 5.78 Å². The lowest BCUT2D eigenvalue weighted by atomic mass is 9.93.